The lowest BCUT2D eigenvalue weighted by molar-refractivity contribution is 0.414. The third kappa shape index (κ3) is 2.54. The molecule has 0 fully saturated rings. The van der Waals surface area contributed by atoms with E-state index in [4.69, 9.17) is 10.5 Å². The highest BCUT2D eigenvalue weighted by Crippen LogP contribution is 2.28. The van der Waals surface area contributed by atoms with Gasteiger partial charge in [-0.15, -0.1) is 0 Å². The number of benzene rings is 1. The first-order valence-corrected chi connectivity index (χ1v) is 6.33. The summed E-state index contributed by atoms with van der Waals surface area (Å²) in [7, 11) is 1.66. The summed E-state index contributed by atoms with van der Waals surface area (Å²) in [6.45, 7) is 0. The highest BCUT2D eigenvalue weighted by molar-refractivity contribution is 9.11. The predicted octanol–water partition coefficient (Wildman–Crippen LogP) is 3.09. The van der Waals surface area contributed by atoms with Crippen molar-refractivity contribution in [1.82, 2.24) is 4.98 Å². The fraction of sp³-hybridized carbons (Fsp3) is 0.182. The van der Waals surface area contributed by atoms with E-state index >= 15 is 0 Å². The molecule has 2 rings (SSSR count). The van der Waals surface area contributed by atoms with Crippen molar-refractivity contribution in [1.29, 1.82) is 0 Å². The van der Waals surface area contributed by atoms with Crippen LogP contribution in [0.1, 0.15) is 11.3 Å². The Labute approximate surface area is 106 Å². The van der Waals surface area contributed by atoms with Crippen molar-refractivity contribution in [3.8, 4) is 5.75 Å². The zero-order valence-corrected chi connectivity index (χ0v) is 11.1. The number of nitrogen functional groups attached to an aromatic ring is 1. The minimum absolute atomic E-state index is 0.593. The molecular weight excluding hydrogens is 288 g/mol. The van der Waals surface area contributed by atoms with Gasteiger partial charge < -0.3 is 10.5 Å². The van der Waals surface area contributed by atoms with E-state index in [2.05, 4.69) is 20.9 Å². The zero-order valence-electron chi connectivity index (χ0n) is 8.74. The van der Waals surface area contributed by atoms with Crippen molar-refractivity contribution in [2.45, 2.75) is 6.42 Å². The molecule has 0 spiro atoms. The number of methoxy groups -OCH3 is 1. The van der Waals surface area contributed by atoms with Gasteiger partial charge in [-0.3, -0.25) is 0 Å². The van der Waals surface area contributed by atoms with Crippen molar-refractivity contribution in [3.05, 3.63) is 39.3 Å². The zero-order chi connectivity index (χ0) is 11.5. The van der Waals surface area contributed by atoms with Crippen LogP contribution in [0.4, 0.5) is 5.13 Å². The molecule has 0 saturated carbocycles. The van der Waals surface area contributed by atoms with Crippen molar-refractivity contribution in [3.63, 3.8) is 0 Å². The molecule has 0 radical (unpaired) electrons. The van der Waals surface area contributed by atoms with Crippen molar-refractivity contribution in [2.24, 2.45) is 0 Å². The lowest BCUT2D eigenvalue weighted by atomic mass is 10.1. The number of rotatable bonds is 3. The highest BCUT2D eigenvalue weighted by Gasteiger charge is 2.07. The third-order valence-corrected chi connectivity index (χ3v) is 3.86. The van der Waals surface area contributed by atoms with E-state index in [9.17, 15) is 0 Å². The number of anilines is 1. The van der Waals surface area contributed by atoms with Crippen molar-refractivity contribution >= 4 is 32.4 Å². The summed E-state index contributed by atoms with van der Waals surface area (Å²) >= 11 is 4.91. The van der Waals surface area contributed by atoms with Crippen LogP contribution < -0.4 is 10.5 Å². The van der Waals surface area contributed by atoms with Crippen LogP contribution in [-0.2, 0) is 6.42 Å². The van der Waals surface area contributed by atoms with Crippen LogP contribution in [0.25, 0.3) is 0 Å². The topological polar surface area (TPSA) is 48.1 Å². The largest absolute Gasteiger partial charge is 0.497 e. The normalized spacial score (nSPS) is 10.4. The van der Waals surface area contributed by atoms with E-state index in [0.717, 1.165) is 21.7 Å². The van der Waals surface area contributed by atoms with Gasteiger partial charge in [-0.05, 0) is 33.6 Å². The van der Waals surface area contributed by atoms with Crippen LogP contribution in [0.3, 0.4) is 0 Å². The number of nitrogens with two attached hydrogens (primary N) is 1. The smallest absolute Gasteiger partial charge is 0.181 e. The van der Waals surface area contributed by atoms with E-state index in [1.807, 2.05) is 24.3 Å². The Morgan fingerprint density at radius 1 is 1.38 bits per heavy atom. The molecule has 0 unspecified atom stereocenters. The quantitative estimate of drug-likeness (QED) is 0.947. The number of ether oxygens (including phenoxy) is 1. The monoisotopic (exact) mass is 298 g/mol. The molecule has 2 N–H and O–H groups in total. The van der Waals surface area contributed by atoms with Gasteiger partial charge >= 0.3 is 0 Å². The highest BCUT2D eigenvalue weighted by atomic mass is 79.9. The predicted molar refractivity (Wildman–Crippen MR) is 70.0 cm³/mol. The molecule has 0 bridgehead atoms. The second-order valence-electron chi connectivity index (χ2n) is 3.30. The molecule has 0 atom stereocenters. The van der Waals surface area contributed by atoms with E-state index in [1.165, 1.54) is 16.9 Å². The standard InChI is InChI=1S/C11H11BrN2OS/c1-15-8-4-2-7(3-5-8)6-9-10(12)16-11(13)14-9/h2-5H,6H2,1H3,(H2,13,14). The molecular formula is C11H11BrN2OS. The van der Waals surface area contributed by atoms with Crippen LogP contribution in [0, 0.1) is 0 Å². The Morgan fingerprint density at radius 3 is 2.56 bits per heavy atom. The Hall–Kier alpha value is -1.07. The van der Waals surface area contributed by atoms with Gasteiger partial charge in [-0.2, -0.15) is 0 Å². The van der Waals surface area contributed by atoms with Gasteiger partial charge in [-0.25, -0.2) is 4.98 Å². The van der Waals surface area contributed by atoms with Gasteiger partial charge in [0, 0.05) is 6.42 Å². The van der Waals surface area contributed by atoms with Gasteiger partial charge in [0.1, 0.15) is 5.75 Å². The second kappa shape index (κ2) is 4.84. The van der Waals surface area contributed by atoms with Crippen LogP contribution >= 0.6 is 27.3 Å². The lowest BCUT2D eigenvalue weighted by Crippen LogP contribution is -1.91. The molecule has 0 aliphatic carbocycles. The minimum atomic E-state index is 0.593. The van der Waals surface area contributed by atoms with Crippen LogP contribution in [0.2, 0.25) is 0 Å². The average molecular weight is 299 g/mol. The van der Waals surface area contributed by atoms with E-state index in [0.29, 0.717) is 5.13 Å². The SMILES string of the molecule is COc1ccc(Cc2nc(N)sc2Br)cc1. The number of thiazole rings is 1. The van der Waals surface area contributed by atoms with Crippen LogP contribution in [0.15, 0.2) is 28.1 Å². The van der Waals surface area contributed by atoms with Crippen molar-refractivity contribution < 1.29 is 4.74 Å². The summed E-state index contributed by atoms with van der Waals surface area (Å²) in [5, 5.41) is 0.593. The molecule has 1 aromatic heterocycles. The molecule has 1 heterocycles. The summed E-state index contributed by atoms with van der Waals surface area (Å²) in [6, 6.07) is 7.94. The first-order chi connectivity index (χ1) is 7.69. The number of nitrogens with zero attached hydrogens (tertiary/aromatic N) is 1. The molecule has 1 aromatic carbocycles. The first-order valence-electron chi connectivity index (χ1n) is 4.72. The number of hydrogen-bond acceptors (Lipinski definition) is 4. The molecule has 84 valence electrons. The molecule has 3 nitrogen and oxygen atoms in total. The first kappa shape index (κ1) is 11.4. The molecule has 0 aliphatic rings. The van der Waals surface area contributed by atoms with E-state index < -0.39 is 0 Å². The molecule has 5 heteroatoms. The molecule has 0 amide bonds. The summed E-state index contributed by atoms with van der Waals surface area (Å²) in [5.74, 6) is 0.862. The van der Waals surface area contributed by atoms with Gasteiger partial charge in [-0.1, -0.05) is 23.5 Å². The Bertz CT molecular complexity index is 481. The molecule has 0 saturated heterocycles. The summed E-state index contributed by atoms with van der Waals surface area (Å²) < 4.78 is 6.11. The fourth-order valence-electron chi connectivity index (χ4n) is 1.40. The Balaban J connectivity index is 2.17. The molecule has 0 aliphatic heterocycles. The van der Waals surface area contributed by atoms with Crippen LogP contribution in [-0.4, -0.2) is 12.1 Å². The second-order valence-corrected chi connectivity index (χ2v) is 5.65. The van der Waals surface area contributed by atoms with Gasteiger partial charge in [0.25, 0.3) is 0 Å². The van der Waals surface area contributed by atoms with Crippen LogP contribution in [0.5, 0.6) is 5.75 Å². The maximum Gasteiger partial charge on any atom is 0.181 e. The number of hydrogen-bond donors (Lipinski definition) is 1. The number of aromatic nitrogens is 1. The number of halogens is 1. The average Bonchev–Trinajstić information content (AvgIpc) is 2.59. The maximum absolute atomic E-state index is 5.64. The minimum Gasteiger partial charge on any atom is -0.497 e. The van der Waals surface area contributed by atoms with E-state index in [1.54, 1.807) is 7.11 Å². The van der Waals surface area contributed by atoms with Gasteiger partial charge in [0.15, 0.2) is 5.13 Å². The molecule has 16 heavy (non-hydrogen) atoms. The summed E-state index contributed by atoms with van der Waals surface area (Å²) in [5.41, 5.74) is 7.80. The summed E-state index contributed by atoms with van der Waals surface area (Å²) in [6.07, 6.45) is 0.776. The Morgan fingerprint density at radius 2 is 2.06 bits per heavy atom. The van der Waals surface area contributed by atoms with Gasteiger partial charge in [0.2, 0.25) is 0 Å². The Kier molecular flexibility index (Phi) is 3.46. The third-order valence-electron chi connectivity index (χ3n) is 2.20. The van der Waals surface area contributed by atoms with E-state index in [-0.39, 0.29) is 0 Å². The fourth-order valence-corrected chi connectivity index (χ4v) is 2.70. The van der Waals surface area contributed by atoms with Gasteiger partial charge in [0.05, 0.1) is 16.6 Å². The maximum atomic E-state index is 5.64. The summed E-state index contributed by atoms with van der Waals surface area (Å²) in [4.78, 5) is 4.27. The molecule has 2 aromatic rings. The van der Waals surface area contributed by atoms with Crippen molar-refractivity contribution in [2.75, 3.05) is 12.8 Å². The lowest BCUT2D eigenvalue weighted by Gasteiger charge is -2.02.